The molecule has 2 rings (SSSR count). The molecule has 0 aliphatic heterocycles. The van der Waals surface area contributed by atoms with E-state index in [1.807, 2.05) is 0 Å². The van der Waals surface area contributed by atoms with E-state index in [0.717, 1.165) is 5.56 Å². The highest BCUT2D eigenvalue weighted by Gasteiger charge is 2.09. The number of hydrogen-bond acceptors (Lipinski definition) is 3. The smallest absolute Gasteiger partial charge is 0.280 e. The Hall–Kier alpha value is -2.01. The molecule has 0 radical (unpaired) electrons. The Bertz CT molecular complexity index is 515. The fourth-order valence-electron chi connectivity index (χ4n) is 1.41. The van der Waals surface area contributed by atoms with Crippen molar-refractivity contribution in [1.82, 2.24) is 4.98 Å². The molecule has 0 aliphatic rings. The van der Waals surface area contributed by atoms with Crippen molar-refractivity contribution in [2.45, 2.75) is 13.0 Å². The Morgan fingerprint density at radius 3 is 2.44 bits per heavy atom. The van der Waals surface area contributed by atoms with Crippen LogP contribution in [0.25, 0.3) is 0 Å². The molecule has 5 heteroatoms. The van der Waals surface area contributed by atoms with Crippen LogP contribution in [0.1, 0.15) is 17.7 Å². The van der Waals surface area contributed by atoms with E-state index in [2.05, 4.69) is 4.98 Å². The molecule has 94 valence electrons. The average molecular weight is 251 g/mol. The zero-order valence-corrected chi connectivity index (χ0v) is 9.38. The molecule has 0 unspecified atom stereocenters. The maximum atomic E-state index is 12.4. The van der Waals surface area contributed by atoms with Gasteiger partial charge in [0, 0.05) is 12.3 Å². The quantitative estimate of drug-likeness (QED) is 0.906. The third kappa shape index (κ3) is 3.01. The standard InChI is InChI=1S/C13H11F2NO2/c14-13(15)12-7-11(5-6-16-12)18-10-3-1-9(8-17)2-4-10/h1-7,13,17H,8H2. The largest absolute Gasteiger partial charge is 0.457 e. The van der Waals surface area contributed by atoms with Crippen LogP contribution >= 0.6 is 0 Å². The Labute approximate surface area is 103 Å². The summed E-state index contributed by atoms with van der Waals surface area (Å²) in [5.41, 5.74) is 0.435. The maximum Gasteiger partial charge on any atom is 0.280 e. The molecule has 1 heterocycles. The van der Waals surface area contributed by atoms with Crippen molar-refractivity contribution in [2.24, 2.45) is 0 Å². The molecule has 0 saturated carbocycles. The topological polar surface area (TPSA) is 42.4 Å². The number of ether oxygens (including phenoxy) is 1. The van der Waals surface area contributed by atoms with Gasteiger partial charge in [-0.3, -0.25) is 4.98 Å². The number of benzene rings is 1. The van der Waals surface area contributed by atoms with Crippen LogP contribution in [0.3, 0.4) is 0 Å². The van der Waals surface area contributed by atoms with E-state index in [1.165, 1.54) is 18.3 Å². The van der Waals surface area contributed by atoms with Gasteiger partial charge < -0.3 is 9.84 Å². The van der Waals surface area contributed by atoms with Gasteiger partial charge in [-0.1, -0.05) is 12.1 Å². The Balaban J connectivity index is 2.15. The first-order chi connectivity index (χ1) is 8.69. The molecule has 0 fully saturated rings. The van der Waals surface area contributed by atoms with Crippen LogP contribution in [0, 0.1) is 0 Å². The molecule has 1 aromatic carbocycles. The van der Waals surface area contributed by atoms with Gasteiger partial charge in [0.15, 0.2) is 0 Å². The minimum atomic E-state index is -2.62. The minimum absolute atomic E-state index is 0.0505. The van der Waals surface area contributed by atoms with Crippen molar-refractivity contribution in [3.8, 4) is 11.5 Å². The fourth-order valence-corrected chi connectivity index (χ4v) is 1.41. The summed E-state index contributed by atoms with van der Waals surface area (Å²) in [6.07, 6.45) is -1.34. The second kappa shape index (κ2) is 5.55. The Kier molecular flexibility index (Phi) is 3.84. The predicted molar refractivity (Wildman–Crippen MR) is 61.6 cm³/mol. The fraction of sp³-hybridized carbons (Fsp3) is 0.154. The molecule has 0 bridgehead atoms. The number of aliphatic hydroxyl groups excluding tert-OH is 1. The molecule has 2 aromatic rings. The van der Waals surface area contributed by atoms with Crippen LogP contribution in [-0.2, 0) is 6.61 Å². The third-order valence-corrected chi connectivity index (χ3v) is 2.32. The van der Waals surface area contributed by atoms with Crippen LogP contribution in [0.15, 0.2) is 42.6 Å². The van der Waals surface area contributed by atoms with Crippen molar-refractivity contribution >= 4 is 0 Å². The number of aromatic nitrogens is 1. The van der Waals surface area contributed by atoms with Gasteiger partial charge >= 0.3 is 0 Å². The highest BCUT2D eigenvalue weighted by atomic mass is 19.3. The van der Waals surface area contributed by atoms with Gasteiger partial charge in [-0.2, -0.15) is 0 Å². The summed E-state index contributed by atoms with van der Waals surface area (Å²) >= 11 is 0. The Morgan fingerprint density at radius 2 is 1.83 bits per heavy atom. The third-order valence-electron chi connectivity index (χ3n) is 2.32. The number of hydrogen-bond donors (Lipinski definition) is 1. The molecule has 3 nitrogen and oxygen atoms in total. The van der Waals surface area contributed by atoms with E-state index in [9.17, 15) is 8.78 Å². The number of alkyl halides is 2. The van der Waals surface area contributed by atoms with Crippen molar-refractivity contribution in [1.29, 1.82) is 0 Å². The summed E-state index contributed by atoms with van der Waals surface area (Å²) in [5.74, 6) is 0.815. The maximum absolute atomic E-state index is 12.4. The van der Waals surface area contributed by atoms with Gasteiger partial charge in [-0.25, -0.2) is 8.78 Å². The SMILES string of the molecule is OCc1ccc(Oc2ccnc(C(F)F)c2)cc1. The lowest BCUT2D eigenvalue weighted by Crippen LogP contribution is -1.91. The van der Waals surface area contributed by atoms with Crippen molar-refractivity contribution in [3.63, 3.8) is 0 Å². The molecule has 0 saturated heterocycles. The second-order valence-electron chi connectivity index (χ2n) is 3.62. The molecule has 1 N–H and O–H groups in total. The molecule has 0 aliphatic carbocycles. The van der Waals surface area contributed by atoms with Crippen molar-refractivity contribution in [2.75, 3.05) is 0 Å². The number of pyridine rings is 1. The van der Waals surface area contributed by atoms with Crippen LogP contribution in [0.4, 0.5) is 8.78 Å². The van der Waals surface area contributed by atoms with Gasteiger partial charge in [0.05, 0.1) is 6.61 Å². The Morgan fingerprint density at radius 1 is 1.11 bits per heavy atom. The summed E-state index contributed by atoms with van der Waals surface area (Å²) in [6, 6.07) is 9.42. The van der Waals surface area contributed by atoms with Gasteiger partial charge in [0.2, 0.25) is 0 Å². The first-order valence-electron chi connectivity index (χ1n) is 5.31. The number of nitrogens with zero attached hydrogens (tertiary/aromatic N) is 1. The van der Waals surface area contributed by atoms with E-state index in [1.54, 1.807) is 24.3 Å². The second-order valence-corrected chi connectivity index (χ2v) is 3.62. The highest BCUT2D eigenvalue weighted by molar-refractivity contribution is 5.33. The number of halogens is 2. The molecular weight excluding hydrogens is 240 g/mol. The van der Waals surface area contributed by atoms with Crippen molar-refractivity contribution < 1.29 is 18.6 Å². The summed E-state index contributed by atoms with van der Waals surface area (Å²) in [7, 11) is 0. The van der Waals surface area contributed by atoms with Gasteiger partial charge in [-0.15, -0.1) is 0 Å². The van der Waals surface area contributed by atoms with E-state index in [-0.39, 0.29) is 12.3 Å². The lowest BCUT2D eigenvalue weighted by atomic mass is 10.2. The lowest BCUT2D eigenvalue weighted by molar-refractivity contribution is 0.145. The molecule has 1 aromatic heterocycles. The number of aliphatic hydroxyl groups is 1. The van der Waals surface area contributed by atoms with Gasteiger partial charge in [-0.05, 0) is 23.8 Å². The summed E-state index contributed by atoms with van der Waals surface area (Å²) < 4.78 is 30.3. The van der Waals surface area contributed by atoms with E-state index in [4.69, 9.17) is 9.84 Å². The monoisotopic (exact) mass is 251 g/mol. The molecule has 0 amide bonds. The molecular formula is C13H11F2NO2. The summed E-state index contributed by atoms with van der Waals surface area (Å²) in [5, 5.41) is 8.88. The van der Waals surface area contributed by atoms with Crippen LogP contribution in [-0.4, -0.2) is 10.1 Å². The van der Waals surface area contributed by atoms with Crippen LogP contribution in [0.2, 0.25) is 0 Å². The normalized spacial score (nSPS) is 10.7. The highest BCUT2D eigenvalue weighted by Crippen LogP contribution is 2.25. The minimum Gasteiger partial charge on any atom is -0.457 e. The first kappa shape index (κ1) is 12.4. The zero-order chi connectivity index (χ0) is 13.0. The lowest BCUT2D eigenvalue weighted by Gasteiger charge is -2.07. The van der Waals surface area contributed by atoms with Gasteiger partial charge in [0.25, 0.3) is 6.43 Å². The van der Waals surface area contributed by atoms with E-state index < -0.39 is 6.43 Å². The van der Waals surface area contributed by atoms with E-state index in [0.29, 0.717) is 11.5 Å². The molecule has 18 heavy (non-hydrogen) atoms. The number of rotatable bonds is 4. The predicted octanol–water partition coefficient (Wildman–Crippen LogP) is 3.30. The molecule has 0 atom stereocenters. The van der Waals surface area contributed by atoms with Crippen molar-refractivity contribution in [3.05, 3.63) is 53.9 Å². The summed E-state index contributed by atoms with van der Waals surface area (Å²) in [6.45, 7) is -0.0505. The van der Waals surface area contributed by atoms with Gasteiger partial charge in [0.1, 0.15) is 17.2 Å². The van der Waals surface area contributed by atoms with Crippen LogP contribution in [0.5, 0.6) is 11.5 Å². The molecule has 0 spiro atoms. The van der Waals surface area contributed by atoms with Crippen LogP contribution < -0.4 is 4.74 Å². The van der Waals surface area contributed by atoms with E-state index >= 15 is 0 Å². The zero-order valence-electron chi connectivity index (χ0n) is 9.38. The summed E-state index contributed by atoms with van der Waals surface area (Å²) in [4.78, 5) is 3.54. The average Bonchev–Trinajstić information content (AvgIpc) is 2.40. The first-order valence-corrected chi connectivity index (χ1v) is 5.31.